The van der Waals surface area contributed by atoms with Crippen molar-refractivity contribution in [3.63, 3.8) is 0 Å². The molecular formula is C25H31ClFN5O2. The Hall–Kier alpha value is -2.29. The Morgan fingerprint density at radius 3 is 2.65 bits per heavy atom. The largest absolute Gasteiger partial charge is 0.387 e. The predicted octanol–water partition coefficient (Wildman–Crippen LogP) is 3.34. The van der Waals surface area contributed by atoms with Crippen LogP contribution in [0.25, 0.3) is 0 Å². The zero-order chi connectivity index (χ0) is 24.0. The molecule has 7 nitrogen and oxygen atoms in total. The Bertz CT molecular complexity index is 1080. The monoisotopic (exact) mass is 487 g/mol. The van der Waals surface area contributed by atoms with Crippen molar-refractivity contribution in [3.05, 3.63) is 52.2 Å². The number of nitrogens with zero attached hydrogens (tertiary/aromatic N) is 5. The minimum Gasteiger partial charge on any atom is -0.387 e. The fourth-order valence-electron chi connectivity index (χ4n) is 5.88. The number of carbonyl (C=O) groups is 1. The van der Waals surface area contributed by atoms with E-state index in [1.165, 1.54) is 12.4 Å². The van der Waals surface area contributed by atoms with Crippen molar-refractivity contribution in [2.45, 2.75) is 50.2 Å². The van der Waals surface area contributed by atoms with E-state index in [0.717, 1.165) is 36.5 Å². The highest BCUT2D eigenvalue weighted by Gasteiger charge is 2.39. The van der Waals surface area contributed by atoms with Crippen molar-refractivity contribution in [1.82, 2.24) is 19.8 Å². The first-order valence-corrected chi connectivity index (χ1v) is 12.4. The minimum absolute atomic E-state index is 0.0387. The molecule has 1 aromatic carbocycles. The number of anilines is 1. The number of benzene rings is 1. The highest BCUT2D eigenvalue weighted by atomic mass is 35.5. The lowest BCUT2D eigenvalue weighted by atomic mass is 9.88. The van der Waals surface area contributed by atoms with Gasteiger partial charge in [-0.3, -0.25) is 4.79 Å². The third-order valence-electron chi connectivity index (χ3n) is 7.70. The SMILES string of the molecule is C[C@@H]1C[C@@H](O)c2ncnc(N3CCN(C(=O)[C@@H](c4ccc(Cl)c(F)c4)[C@@H]4CCCN4C)CC3)c21. The van der Waals surface area contributed by atoms with Gasteiger partial charge < -0.3 is 19.8 Å². The summed E-state index contributed by atoms with van der Waals surface area (Å²) in [6, 6.07) is 4.79. The van der Waals surface area contributed by atoms with Crippen LogP contribution in [0.1, 0.15) is 60.9 Å². The molecule has 0 saturated carbocycles. The molecule has 34 heavy (non-hydrogen) atoms. The molecule has 9 heteroatoms. The zero-order valence-electron chi connectivity index (χ0n) is 19.6. The van der Waals surface area contributed by atoms with Crippen LogP contribution in [-0.2, 0) is 4.79 Å². The Balaban J connectivity index is 1.35. The van der Waals surface area contributed by atoms with Crippen molar-refractivity contribution in [1.29, 1.82) is 0 Å². The number of amides is 1. The van der Waals surface area contributed by atoms with Gasteiger partial charge >= 0.3 is 0 Å². The molecular weight excluding hydrogens is 457 g/mol. The summed E-state index contributed by atoms with van der Waals surface area (Å²) in [6.07, 6.45) is 3.57. The van der Waals surface area contributed by atoms with Crippen LogP contribution in [0.5, 0.6) is 0 Å². The van der Waals surface area contributed by atoms with Crippen molar-refractivity contribution < 1.29 is 14.3 Å². The van der Waals surface area contributed by atoms with Crippen LogP contribution >= 0.6 is 11.6 Å². The number of likely N-dealkylation sites (tertiary alicyclic amines) is 1. The molecule has 1 N–H and O–H groups in total. The van der Waals surface area contributed by atoms with E-state index in [0.29, 0.717) is 38.2 Å². The first kappa shape index (κ1) is 23.5. The van der Waals surface area contributed by atoms with E-state index in [1.807, 2.05) is 11.9 Å². The van der Waals surface area contributed by atoms with E-state index in [4.69, 9.17) is 11.6 Å². The summed E-state index contributed by atoms with van der Waals surface area (Å²) in [5, 5.41) is 10.4. The third kappa shape index (κ3) is 4.16. The van der Waals surface area contributed by atoms with E-state index >= 15 is 0 Å². The number of piperazine rings is 1. The quantitative estimate of drug-likeness (QED) is 0.713. The number of fused-ring (bicyclic) bond motifs is 1. The van der Waals surface area contributed by atoms with Gasteiger partial charge in [-0.1, -0.05) is 24.6 Å². The molecule has 0 spiro atoms. The number of aliphatic hydroxyl groups is 1. The van der Waals surface area contributed by atoms with Crippen LogP contribution in [-0.4, -0.2) is 76.6 Å². The van der Waals surface area contributed by atoms with E-state index < -0.39 is 17.8 Å². The lowest BCUT2D eigenvalue weighted by molar-refractivity contribution is -0.134. The van der Waals surface area contributed by atoms with Crippen LogP contribution < -0.4 is 4.90 Å². The molecule has 1 aliphatic carbocycles. The van der Waals surface area contributed by atoms with Crippen LogP contribution in [0.3, 0.4) is 0 Å². The van der Waals surface area contributed by atoms with Crippen LogP contribution in [0.2, 0.25) is 5.02 Å². The van der Waals surface area contributed by atoms with Crippen molar-refractivity contribution in [3.8, 4) is 0 Å². The molecule has 1 aromatic heterocycles. The Morgan fingerprint density at radius 2 is 1.97 bits per heavy atom. The highest BCUT2D eigenvalue weighted by molar-refractivity contribution is 6.30. The molecule has 1 amide bonds. The van der Waals surface area contributed by atoms with Gasteiger partial charge in [0.25, 0.3) is 0 Å². The van der Waals surface area contributed by atoms with Gasteiger partial charge in [-0.05, 0) is 56.5 Å². The summed E-state index contributed by atoms with van der Waals surface area (Å²) in [4.78, 5) is 29.0. The van der Waals surface area contributed by atoms with Gasteiger partial charge in [0, 0.05) is 37.8 Å². The lowest BCUT2D eigenvalue weighted by Crippen LogP contribution is -2.52. The number of carbonyl (C=O) groups excluding carboxylic acids is 1. The maximum Gasteiger partial charge on any atom is 0.231 e. The fourth-order valence-corrected chi connectivity index (χ4v) is 6.00. The number of hydrogen-bond donors (Lipinski definition) is 1. The van der Waals surface area contributed by atoms with Gasteiger partial charge in [0.1, 0.15) is 18.0 Å². The van der Waals surface area contributed by atoms with E-state index in [2.05, 4.69) is 26.7 Å². The summed E-state index contributed by atoms with van der Waals surface area (Å²) >= 11 is 5.92. The Kier molecular flexibility index (Phi) is 6.48. The van der Waals surface area contributed by atoms with Crippen LogP contribution in [0.4, 0.5) is 10.2 Å². The Labute approximate surface area is 204 Å². The molecule has 5 rings (SSSR count). The summed E-state index contributed by atoms with van der Waals surface area (Å²) in [7, 11) is 2.04. The average Bonchev–Trinajstić information content (AvgIpc) is 3.38. The normalized spacial score (nSPS) is 26.1. The van der Waals surface area contributed by atoms with Gasteiger partial charge in [-0.15, -0.1) is 0 Å². The third-order valence-corrected chi connectivity index (χ3v) is 8.01. The number of rotatable bonds is 4. The standard InChI is InChI=1S/C25H31ClFN5O2/c1-15-12-20(33)23-21(15)24(29-14-28-23)31-8-10-32(11-9-31)25(34)22(19-4-3-7-30(19)2)16-5-6-17(26)18(27)13-16/h5-6,13-15,19-20,22,33H,3-4,7-12H2,1-2H3/t15-,19+,20-,22+/m1/s1. The predicted molar refractivity (Wildman–Crippen MR) is 129 cm³/mol. The first-order valence-electron chi connectivity index (χ1n) is 12.1. The first-order chi connectivity index (χ1) is 16.3. The van der Waals surface area contributed by atoms with Gasteiger partial charge in [-0.2, -0.15) is 0 Å². The zero-order valence-corrected chi connectivity index (χ0v) is 20.4. The lowest BCUT2D eigenvalue weighted by Gasteiger charge is -2.39. The summed E-state index contributed by atoms with van der Waals surface area (Å²) in [5.41, 5.74) is 2.44. The molecule has 2 aromatic rings. The molecule has 3 aliphatic rings. The smallest absolute Gasteiger partial charge is 0.231 e. The van der Waals surface area contributed by atoms with Crippen molar-refractivity contribution in [2.24, 2.45) is 0 Å². The van der Waals surface area contributed by atoms with Gasteiger partial charge in [-0.25, -0.2) is 14.4 Å². The molecule has 0 bridgehead atoms. The second kappa shape index (κ2) is 9.40. The fraction of sp³-hybridized carbons (Fsp3) is 0.560. The second-order valence-corrected chi connectivity index (χ2v) is 10.2. The number of aromatic nitrogens is 2. The summed E-state index contributed by atoms with van der Waals surface area (Å²) < 4.78 is 14.3. The Morgan fingerprint density at radius 1 is 1.21 bits per heavy atom. The topological polar surface area (TPSA) is 72.8 Å². The van der Waals surface area contributed by atoms with Crippen LogP contribution in [0.15, 0.2) is 24.5 Å². The van der Waals surface area contributed by atoms with E-state index in [1.54, 1.807) is 12.1 Å². The second-order valence-electron chi connectivity index (χ2n) is 9.80. The highest BCUT2D eigenvalue weighted by Crippen LogP contribution is 2.43. The summed E-state index contributed by atoms with van der Waals surface area (Å²) in [6.45, 7) is 5.46. The number of aliphatic hydroxyl groups excluding tert-OH is 1. The van der Waals surface area contributed by atoms with Gasteiger partial charge in [0.05, 0.1) is 22.7 Å². The maximum absolute atomic E-state index is 14.3. The van der Waals surface area contributed by atoms with Crippen LogP contribution in [0, 0.1) is 5.82 Å². The van der Waals surface area contributed by atoms with E-state index in [-0.39, 0.29) is 22.9 Å². The molecule has 182 valence electrons. The summed E-state index contributed by atoms with van der Waals surface area (Å²) in [5.74, 6) is 0.188. The van der Waals surface area contributed by atoms with Gasteiger partial charge in [0.2, 0.25) is 5.91 Å². The number of likely N-dealkylation sites (N-methyl/N-ethyl adjacent to an activating group) is 1. The number of hydrogen-bond acceptors (Lipinski definition) is 6. The molecule has 2 aliphatic heterocycles. The number of halogens is 2. The van der Waals surface area contributed by atoms with Crippen molar-refractivity contribution in [2.75, 3.05) is 44.7 Å². The molecule has 4 atom stereocenters. The molecule has 0 unspecified atom stereocenters. The molecule has 2 fully saturated rings. The molecule has 0 radical (unpaired) electrons. The molecule has 2 saturated heterocycles. The minimum atomic E-state index is -0.543. The van der Waals surface area contributed by atoms with Crippen molar-refractivity contribution >= 4 is 23.3 Å². The average molecular weight is 488 g/mol. The van der Waals surface area contributed by atoms with E-state index in [9.17, 15) is 14.3 Å². The maximum atomic E-state index is 14.3. The molecule has 3 heterocycles. The van der Waals surface area contributed by atoms with Gasteiger partial charge in [0.15, 0.2) is 0 Å².